The highest BCUT2D eigenvalue weighted by atomic mass is 16.3. The second-order valence-electron chi connectivity index (χ2n) is 13.3. The summed E-state index contributed by atoms with van der Waals surface area (Å²) >= 11 is 0. The Hall–Kier alpha value is -6.90. The Morgan fingerprint density at radius 2 is 0.865 bits per heavy atom. The topological polar surface area (TPSA) is 16.4 Å². The van der Waals surface area contributed by atoms with E-state index in [-0.39, 0.29) is 0 Å². The van der Waals surface area contributed by atoms with Gasteiger partial charge in [-0.2, -0.15) is 0 Å². The summed E-state index contributed by atoms with van der Waals surface area (Å²) in [4.78, 5) is 2.37. The lowest BCUT2D eigenvalue weighted by Gasteiger charge is -2.27. The lowest BCUT2D eigenvalue weighted by molar-refractivity contribution is 0.669. The van der Waals surface area contributed by atoms with Gasteiger partial charge >= 0.3 is 0 Å². The van der Waals surface area contributed by atoms with E-state index in [0.29, 0.717) is 0 Å². The summed E-state index contributed by atoms with van der Waals surface area (Å²) in [6.07, 6.45) is 0. The van der Waals surface area contributed by atoms with Crippen LogP contribution < -0.4 is 4.90 Å². The molecule has 0 saturated carbocycles. The molecule has 0 aliphatic rings. The standard InChI is InChI=1S/C50H33NO/c1-4-12-34(13-5-1)39-23-29-49-48(30-39)45-28-26-42(33-50(45)52-49)51(40-24-22-38-21-20-37-18-10-11-19-43(37)47(38)31-40)41-25-27-44(35-14-6-2-7-15-35)46(32-41)36-16-8-3-9-17-36/h1-33H. The Labute approximate surface area is 302 Å². The van der Waals surface area contributed by atoms with E-state index in [1.54, 1.807) is 0 Å². The molecule has 9 aromatic carbocycles. The maximum absolute atomic E-state index is 6.58. The SMILES string of the molecule is c1ccc(-c2ccc3oc4cc(N(c5ccc(-c6ccccc6)c(-c6ccccc6)c5)c5ccc6ccc7ccccc7c6c5)ccc4c3c2)cc1. The average molecular weight is 664 g/mol. The summed E-state index contributed by atoms with van der Waals surface area (Å²) in [6, 6.07) is 71.7. The maximum atomic E-state index is 6.58. The first-order chi connectivity index (χ1) is 25.8. The van der Waals surface area contributed by atoms with Gasteiger partial charge < -0.3 is 9.32 Å². The monoisotopic (exact) mass is 663 g/mol. The van der Waals surface area contributed by atoms with Crippen LogP contribution in [0, 0.1) is 0 Å². The first-order valence-corrected chi connectivity index (χ1v) is 17.8. The quantitative estimate of drug-likeness (QED) is 0.165. The van der Waals surface area contributed by atoms with Crippen molar-refractivity contribution in [2.24, 2.45) is 0 Å². The van der Waals surface area contributed by atoms with Gasteiger partial charge in [0.25, 0.3) is 0 Å². The molecule has 2 nitrogen and oxygen atoms in total. The van der Waals surface area contributed by atoms with Crippen molar-refractivity contribution in [2.45, 2.75) is 0 Å². The molecule has 52 heavy (non-hydrogen) atoms. The molecule has 10 rings (SSSR count). The van der Waals surface area contributed by atoms with Gasteiger partial charge in [0.05, 0.1) is 0 Å². The molecule has 244 valence electrons. The third-order valence-corrected chi connectivity index (χ3v) is 10.2. The highest BCUT2D eigenvalue weighted by Crippen LogP contribution is 2.43. The normalized spacial score (nSPS) is 11.5. The summed E-state index contributed by atoms with van der Waals surface area (Å²) in [7, 11) is 0. The molecule has 0 fully saturated rings. The minimum Gasteiger partial charge on any atom is -0.456 e. The minimum atomic E-state index is 0.859. The molecule has 0 radical (unpaired) electrons. The van der Waals surface area contributed by atoms with E-state index in [1.165, 1.54) is 54.9 Å². The van der Waals surface area contributed by atoms with Crippen LogP contribution in [-0.2, 0) is 0 Å². The van der Waals surface area contributed by atoms with Crippen LogP contribution in [0.5, 0.6) is 0 Å². The number of furan rings is 1. The van der Waals surface area contributed by atoms with Gasteiger partial charge in [0.1, 0.15) is 11.2 Å². The number of fused-ring (bicyclic) bond motifs is 6. The highest BCUT2D eigenvalue weighted by Gasteiger charge is 2.19. The van der Waals surface area contributed by atoms with Gasteiger partial charge in [0.15, 0.2) is 0 Å². The molecule has 0 spiro atoms. The smallest absolute Gasteiger partial charge is 0.137 e. The van der Waals surface area contributed by atoms with Crippen molar-refractivity contribution in [3.8, 4) is 33.4 Å². The molecule has 1 aromatic heterocycles. The van der Waals surface area contributed by atoms with E-state index in [0.717, 1.165) is 39.0 Å². The number of rotatable bonds is 6. The van der Waals surface area contributed by atoms with E-state index < -0.39 is 0 Å². The molecule has 0 bridgehead atoms. The van der Waals surface area contributed by atoms with E-state index in [9.17, 15) is 0 Å². The zero-order chi connectivity index (χ0) is 34.4. The third-order valence-electron chi connectivity index (χ3n) is 10.2. The predicted octanol–water partition coefficient (Wildman–Crippen LogP) is 14.4. The second kappa shape index (κ2) is 12.5. The third kappa shape index (κ3) is 5.21. The Kier molecular flexibility index (Phi) is 7.18. The van der Waals surface area contributed by atoms with Gasteiger partial charge in [-0.1, -0.05) is 146 Å². The average Bonchev–Trinajstić information content (AvgIpc) is 3.59. The lowest BCUT2D eigenvalue weighted by Crippen LogP contribution is -2.10. The Balaban J connectivity index is 1.19. The molecule has 0 aliphatic heterocycles. The van der Waals surface area contributed by atoms with Crippen molar-refractivity contribution in [1.29, 1.82) is 0 Å². The van der Waals surface area contributed by atoms with Crippen molar-refractivity contribution in [2.75, 3.05) is 4.90 Å². The lowest BCUT2D eigenvalue weighted by atomic mass is 9.93. The van der Waals surface area contributed by atoms with Gasteiger partial charge in [-0.3, -0.25) is 0 Å². The number of anilines is 3. The van der Waals surface area contributed by atoms with Crippen LogP contribution in [-0.4, -0.2) is 0 Å². The van der Waals surface area contributed by atoms with Gasteiger partial charge in [0.2, 0.25) is 0 Å². The fraction of sp³-hybridized carbons (Fsp3) is 0. The summed E-state index contributed by atoms with van der Waals surface area (Å²) in [6.45, 7) is 0. The van der Waals surface area contributed by atoms with Crippen LogP contribution in [0.1, 0.15) is 0 Å². The zero-order valence-corrected chi connectivity index (χ0v) is 28.4. The van der Waals surface area contributed by atoms with E-state index in [1.807, 2.05) is 0 Å². The molecule has 10 aromatic rings. The van der Waals surface area contributed by atoms with Crippen LogP contribution in [0.15, 0.2) is 205 Å². The fourth-order valence-corrected chi connectivity index (χ4v) is 7.69. The number of hydrogen-bond acceptors (Lipinski definition) is 2. The maximum Gasteiger partial charge on any atom is 0.137 e. The molecule has 0 N–H and O–H groups in total. The molecular weight excluding hydrogens is 631 g/mol. The Morgan fingerprint density at radius 3 is 1.63 bits per heavy atom. The van der Waals surface area contributed by atoms with Gasteiger partial charge in [-0.15, -0.1) is 0 Å². The first kappa shape index (κ1) is 30.0. The predicted molar refractivity (Wildman–Crippen MR) is 220 cm³/mol. The van der Waals surface area contributed by atoms with Crippen LogP contribution in [0.3, 0.4) is 0 Å². The minimum absolute atomic E-state index is 0.859. The van der Waals surface area contributed by atoms with Gasteiger partial charge in [-0.05, 0) is 103 Å². The zero-order valence-electron chi connectivity index (χ0n) is 28.4. The molecule has 0 saturated heterocycles. The van der Waals surface area contributed by atoms with Crippen molar-refractivity contribution >= 4 is 60.5 Å². The molecular formula is C50H33NO. The second-order valence-corrected chi connectivity index (χ2v) is 13.3. The molecule has 1 heterocycles. The molecule has 0 unspecified atom stereocenters. The van der Waals surface area contributed by atoms with Crippen molar-refractivity contribution in [3.05, 3.63) is 200 Å². The van der Waals surface area contributed by atoms with Crippen LogP contribution in [0.4, 0.5) is 17.1 Å². The van der Waals surface area contributed by atoms with Gasteiger partial charge in [-0.25, -0.2) is 0 Å². The number of nitrogens with zero attached hydrogens (tertiary/aromatic N) is 1. The summed E-state index contributed by atoms with van der Waals surface area (Å²) in [5.41, 5.74) is 12.0. The Bertz CT molecular complexity index is 2890. The fourth-order valence-electron chi connectivity index (χ4n) is 7.69. The Morgan fingerprint density at radius 1 is 0.288 bits per heavy atom. The first-order valence-electron chi connectivity index (χ1n) is 17.8. The number of hydrogen-bond donors (Lipinski definition) is 0. The summed E-state index contributed by atoms with van der Waals surface area (Å²) < 4.78 is 6.58. The van der Waals surface area contributed by atoms with Crippen molar-refractivity contribution in [3.63, 3.8) is 0 Å². The van der Waals surface area contributed by atoms with Crippen LogP contribution >= 0.6 is 0 Å². The van der Waals surface area contributed by atoms with Gasteiger partial charge in [0, 0.05) is 33.9 Å². The molecule has 0 amide bonds. The van der Waals surface area contributed by atoms with Crippen LogP contribution in [0.25, 0.3) is 76.9 Å². The molecule has 0 atom stereocenters. The molecule has 0 aliphatic carbocycles. The largest absolute Gasteiger partial charge is 0.456 e. The van der Waals surface area contributed by atoms with E-state index in [4.69, 9.17) is 4.42 Å². The highest BCUT2D eigenvalue weighted by molar-refractivity contribution is 6.10. The van der Waals surface area contributed by atoms with Crippen molar-refractivity contribution < 1.29 is 4.42 Å². The molecule has 2 heteroatoms. The van der Waals surface area contributed by atoms with Crippen molar-refractivity contribution in [1.82, 2.24) is 0 Å². The van der Waals surface area contributed by atoms with E-state index in [2.05, 4.69) is 205 Å². The number of benzene rings is 9. The van der Waals surface area contributed by atoms with E-state index >= 15 is 0 Å². The van der Waals surface area contributed by atoms with Crippen LogP contribution in [0.2, 0.25) is 0 Å². The summed E-state index contributed by atoms with van der Waals surface area (Å²) in [5.74, 6) is 0. The summed E-state index contributed by atoms with van der Waals surface area (Å²) in [5, 5.41) is 7.14.